The van der Waals surface area contributed by atoms with Crippen molar-refractivity contribution in [3.05, 3.63) is 47.7 Å². The number of aromatic nitrogens is 2. The number of amides is 2. The Morgan fingerprint density at radius 1 is 1.19 bits per heavy atom. The summed E-state index contributed by atoms with van der Waals surface area (Å²) < 4.78 is 1.77. The molecule has 1 aliphatic rings. The molecule has 0 bridgehead atoms. The number of aliphatic carboxylic acids is 1. The number of rotatable bonds is 5. The molecule has 138 valence electrons. The van der Waals surface area contributed by atoms with E-state index in [-0.39, 0.29) is 18.0 Å². The van der Waals surface area contributed by atoms with E-state index in [0.717, 1.165) is 11.3 Å². The van der Waals surface area contributed by atoms with Crippen molar-refractivity contribution in [2.24, 2.45) is 5.92 Å². The van der Waals surface area contributed by atoms with Gasteiger partial charge in [-0.1, -0.05) is 30.3 Å². The van der Waals surface area contributed by atoms with Gasteiger partial charge in [0.2, 0.25) is 0 Å². The Bertz CT molecular complexity index is 764. The summed E-state index contributed by atoms with van der Waals surface area (Å²) in [5.41, 5.74) is 1.93. The first kappa shape index (κ1) is 18.0. The molecule has 26 heavy (non-hydrogen) atoms. The van der Waals surface area contributed by atoms with Crippen LogP contribution >= 0.6 is 0 Å². The Morgan fingerprint density at radius 3 is 2.54 bits per heavy atom. The molecule has 0 spiro atoms. The van der Waals surface area contributed by atoms with Gasteiger partial charge in [-0.15, -0.1) is 0 Å². The number of hydrogen-bond acceptors (Lipinski definition) is 3. The summed E-state index contributed by atoms with van der Waals surface area (Å²) in [5, 5.41) is 19.3. The average molecular weight is 356 g/mol. The molecule has 1 aliphatic carbocycles. The maximum absolute atomic E-state index is 12.3. The number of nitrogens with zero attached hydrogens (tertiary/aromatic N) is 2. The second-order valence-corrected chi connectivity index (χ2v) is 6.80. The van der Waals surface area contributed by atoms with Gasteiger partial charge in [-0.05, 0) is 38.2 Å². The van der Waals surface area contributed by atoms with Crippen LogP contribution in [-0.2, 0) is 11.3 Å². The molecule has 1 saturated carbocycles. The number of nitrogens with one attached hydrogen (secondary N) is 2. The van der Waals surface area contributed by atoms with Crippen molar-refractivity contribution in [3.8, 4) is 0 Å². The van der Waals surface area contributed by atoms with Crippen LogP contribution in [-0.4, -0.2) is 32.9 Å². The molecule has 0 unspecified atom stereocenters. The third kappa shape index (κ3) is 4.62. The van der Waals surface area contributed by atoms with Gasteiger partial charge >= 0.3 is 12.0 Å². The summed E-state index contributed by atoms with van der Waals surface area (Å²) >= 11 is 0. The highest BCUT2D eigenvalue weighted by atomic mass is 16.4. The predicted molar refractivity (Wildman–Crippen MR) is 98.0 cm³/mol. The van der Waals surface area contributed by atoms with Gasteiger partial charge in [0.25, 0.3) is 0 Å². The van der Waals surface area contributed by atoms with E-state index in [1.165, 1.54) is 0 Å². The monoisotopic (exact) mass is 356 g/mol. The Hall–Kier alpha value is -2.83. The molecular formula is C19H24N4O3. The van der Waals surface area contributed by atoms with Crippen molar-refractivity contribution >= 4 is 17.8 Å². The largest absolute Gasteiger partial charge is 0.481 e. The Morgan fingerprint density at radius 2 is 1.88 bits per heavy atom. The predicted octanol–water partition coefficient (Wildman–Crippen LogP) is 3.00. The number of anilines is 1. The van der Waals surface area contributed by atoms with Gasteiger partial charge in [0.15, 0.2) is 0 Å². The lowest BCUT2D eigenvalue weighted by atomic mass is 9.86. The van der Waals surface area contributed by atoms with Crippen LogP contribution in [0.15, 0.2) is 36.4 Å². The molecule has 1 heterocycles. The lowest BCUT2D eigenvalue weighted by molar-refractivity contribution is -0.142. The maximum atomic E-state index is 12.3. The SMILES string of the molecule is Cc1cc(NC(=O)NC2CCC(C(=O)O)CC2)n(Cc2ccccc2)n1. The quantitative estimate of drug-likeness (QED) is 0.767. The number of aryl methyl sites for hydroxylation is 1. The Kier molecular flexibility index (Phi) is 5.55. The van der Waals surface area contributed by atoms with Crippen molar-refractivity contribution in [3.63, 3.8) is 0 Å². The molecule has 1 aromatic carbocycles. The summed E-state index contributed by atoms with van der Waals surface area (Å²) in [4.78, 5) is 23.3. The average Bonchev–Trinajstić information content (AvgIpc) is 2.95. The van der Waals surface area contributed by atoms with Crippen LogP contribution in [0, 0.1) is 12.8 Å². The number of carbonyl (C=O) groups excluding carboxylic acids is 1. The zero-order chi connectivity index (χ0) is 18.5. The molecule has 2 aromatic rings. The molecule has 0 saturated heterocycles. The van der Waals surface area contributed by atoms with Gasteiger partial charge in [-0.3, -0.25) is 10.1 Å². The first-order valence-corrected chi connectivity index (χ1v) is 8.90. The number of carbonyl (C=O) groups is 2. The van der Waals surface area contributed by atoms with Crippen LogP contribution in [0.2, 0.25) is 0 Å². The van der Waals surface area contributed by atoms with Crippen molar-refractivity contribution in [2.75, 3.05) is 5.32 Å². The van der Waals surface area contributed by atoms with Gasteiger partial charge < -0.3 is 10.4 Å². The van der Waals surface area contributed by atoms with Crippen molar-refractivity contribution in [2.45, 2.75) is 45.2 Å². The van der Waals surface area contributed by atoms with Crippen molar-refractivity contribution in [1.29, 1.82) is 0 Å². The van der Waals surface area contributed by atoms with Gasteiger partial charge in [0.05, 0.1) is 18.2 Å². The third-order valence-electron chi connectivity index (χ3n) is 4.73. The number of carboxylic acid groups (broad SMARTS) is 1. The second-order valence-electron chi connectivity index (χ2n) is 6.80. The van der Waals surface area contributed by atoms with E-state index in [2.05, 4.69) is 15.7 Å². The van der Waals surface area contributed by atoms with E-state index >= 15 is 0 Å². The van der Waals surface area contributed by atoms with Crippen LogP contribution < -0.4 is 10.6 Å². The molecule has 0 aliphatic heterocycles. The Balaban J connectivity index is 1.57. The minimum absolute atomic E-state index is 0.0113. The molecule has 0 radical (unpaired) electrons. The van der Waals surface area contributed by atoms with E-state index in [4.69, 9.17) is 5.11 Å². The van der Waals surface area contributed by atoms with Crippen LogP contribution in [0.25, 0.3) is 0 Å². The Labute approximate surface area is 152 Å². The summed E-state index contributed by atoms with van der Waals surface area (Å²) in [6.45, 7) is 2.46. The van der Waals surface area contributed by atoms with E-state index in [0.29, 0.717) is 38.0 Å². The second kappa shape index (κ2) is 8.03. The van der Waals surface area contributed by atoms with E-state index in [1.807, 2.05) is 43.3 Å². The lowest BCUT2D eigenvalue weighted by Gasteiger charge is -2.26. The third-order valence-corrected chi connectivity index (χ3v) is 4.73. The fourth-order valence-corrected chi connectivity index (χ4v) is 3.35. The van der Waals surface area contributed by atoms with Crippen LogP contribution in [0.3, 0.4) is 0 Å². The maximum Gasteiger partial charge on any atom is 0.320 e. The highest BCUT2D eigenvalue weighted by molar-refractivity contribution is 5.88. The fraction of sp³-hybridized carbons (Fsp3) is 0.421. The molecule has 2 amide bonds. The first-order valence-electron chi connectivity index (χ1n) is 8.90. The van der Waals surface area contributed by atoms with E-state index < -0.39 is 5.97 Å². The molecule has 7 nitrogen and oxygen atoms in total. The molecule has 3 rings (SSSR count). The topological polar surface area (TPSA) is 96.3 Å². The van der Waals surface area contributed by atoms with Crippen LogP contribution in [0.5, 0.6) is 0 Å². The molecule has 7 heteroatoms. The summed E-state index contributed by atoms with van der Waals surface area (Å²) in [5.74, 6) is -0.387. The highest BCUT2D eigenvalue weighted by Crippen LogP contribution is 2.24. The molecule has 1 aromatic heterocycles. The molecular weight excluding hydrogens is 332 g/mol. The smallest absolute Gasteiger partial charge is 0.320 e. The number of carboxylic acids is 1. The van der Waals surface area contributed by atoms with E-state index in [9.17, 15) is 9.59 Å². The van der Waals surface area contributed by atoms with Gasteiger partial charge in [-0.25, -0.2) is 9.48 Å². The fourth-order valence-electron chi connectivity index (χ4n) is 3.35. The number of urea groups is 1. The normalized spacial score (nSPS) is 19.7. The highest BCUT2D eigenvalue weighted by Gasteiger charge is 2.26. The van der Waals surface area contributed by atoms with Gasteiger partial charge in [-0.2, -0.15) is 5.10 Å². The van der Waals surface area contributed by atoms with E-state index in [1.54, 1.807) is 4.68 Å². The molecule has 1 fully saturated rings. The van der Waals surface area contributed by atoms with Gasteiger partial charge in [0.1, 0.15) is 5.82 Å². The number of hydrogen-bond donors (Lipinski definition) is 3. The molecule has 0 atom stereocenters. The zero-order valence-electron chi connectivity index (χ0n) is 14.8. The minimum Gasteiger partial charge on any atom is -0.481 e. The van der Waals surface area contributed by atoms with Gasteiger partial charge in [0, 0.05) is 12.1 Å². The number of benzene rings is 1. The van der Waals surface area contributed by atoms with Crippen molar-refractivity contribution in [1.82, 2.24) is 15.1 Å². The first-order chi connectivity index (χ1) is 12.5. The summed E-state index contributed by atoms with van der Waals surface area (Å²) in [7, 11) is 0. The summed E-state index contributed by atoms with van der Waals surface area (Å²) in [6.07, 6.45) is 2.58. The standard InChI is InChI=1S/C19H24N4O3/c1-13-11-17(23(22-13)12-14-5-3-2-4-6-14)21-19(26)20-16-9-7-15(8-10-16)18(24)25/h2-6,11,15-16H,7-10,12H2,1H3,(H,24,25)(H2,20,21,26). The van der Waals surface area contributed by atoms with Crippen LogP contribution in [0.4, 0.5) is 10.6 Å². The zero-order valence-corrected chi connectivity index (χ0v) is 14.8. The van der Waals surface area contributed by atoms with Crippen LogP contribution in [0.1, 0.15) is 36.9 Å². The molecule has 3 N–H and O–H groups in total. The minimum atomic E-state index is -0.742. The lowest BCUT2D eigenvalue weighted by Crippen LogP contribution is -2.41. The summed E-state index contributed by atoms with van der Waals surface area (Å²) in [6, 6.07) is 11.5. The van der Waals surface area contributed by atoms with Crippen molar-refractivity contribution < 1.29 is 14.7 Å².